The summed E-state index contributed by atoms with van der Waals surface area (Å²) in [6.07, 6.45) is 0.206. The van der Waals surface area contributed by atoms with Crippen LogP contribution in [0.25, 0.3) is 0 Å². The van der Waals surface area contributed by atoms with Crippen molar-refractivity contribution in [3.8, 4) is 5.75 Å². The van der Waals surface area contributed by atoms with Gasteiger partial charge in [0, 0.05) is 12.2 Å². The van der Waals surface area contributed by atoms with Gasteiger partial charge in [-0.3, -0.25) is 0 Å². The lowest BCUT2D eigenvalue weighted by atomic mass is 10.1. The first-order chi connectivity index (χ1) is 7.29. The van der Waals surface area contributed by atoms with Crippen LogP contribution < -0.4 is 4.74 Å². The molecule has 0 amide bonds. The summed E-state index contributed by atoms with van der Waals surface area (Å²) in [7, 11) is 0. The summed E-state index contributed by atoms with van der Waals surface area (Å²) < 4.78 is 10.5. The van der Waals surface area contributed by atoms with Crippen LogP contribution >= 0.6 is 0 Å². The molecular formula is C12H18O3. The van der Waals surface area contributed by atoms with Crippen molar-refractivity contribution in [3.63, 3.8) is 0 Å². The fourth-order valence-corrected chi connectivity index (χ4v) is 1.30. The minimum absolute atomic E-state index is 0.226. The molecule has 0 aliphatic carbocycles. The Labute approximate surface area is 90.6 Å². The topological polar surface area (TPSA) is 38.7 Å². The van der Waals surface area contributed by atoms with E-state index in [-0.39, 0.29) is 6.79 Å². The minimum atomic E-state index is -0.470. The molecule has 0 saturated carbocycles. The first-order valence-corrected chi connectivity index (χ1v) is 5.27. The number of hydrogen-bond donors (Lipinski definition) is 1. The summed E-state index contributed by atoms with van der Waals surface area (Å²) in [5.74, 6) is 0.695. The highest BCUT2D eigenvalue weighted by Gasteiger charge is 2.10. The zero-order valence-corrected chi connectivity index (χ0v) is 9.27. The molecule has 15 heavy (non-hydrogen) atoms. The molecule has 3 heteroatoms. The van der Waals surface area contributed by atoms with Crippen LogP contribution in [0.5, 0.6) is 5.75 Å². The van der Waals surface area contributed by atoms with Crippen molar-refractivity contribution < 1.29 is 14.6 Å². The molecule has 1 aromatic rings. The first kappa shape index (κ1) is 12.0. The SMILES string of the molecule is CCOCOc1ccccc1[C@H](O)CC. The molecule has 0 radical (unpaired) electrons. The fourth-order valence-electron chi connectivity index (χ4n) is 1.30. The van der Waals surface area contributed by atoms with E-state index in [1.165, 1.54) is 0 Å². The van der Waals surface area contributed by atoms with Gasteiger partial charge >= 0.3 is 0 Å². The maximum Gasteiger partial charge on any atom is 0.189 e. The van der Waals surface area contributed by atoms with Gasteiger partial charge in [0.1, 0.15) is 5.75 Å². The lowest BCUT2D eigenvalue weighted by Crippen LogP contribution is -2.06. The first-order valence-electron chi connectivity index (χ1n) is 5.27. The average Bonchev–Trinajstić information content (AvgIpc) is 2.29. The number of ether oxygens (including phenoxy) is 2. The molecule has 0 heterocycles. The molecule has 0 unspecified atom stereocenters. The van der Waals surface area contributed by atoms with Crippen LogP contribution in [0.1, 0.15) is 31.9 Å². The van der Waals surface area contributed by atoms with Gasteiger partial charge in [-0.25, -0.2) is 0 Å². The standard InChI is InChI=1S/C12H18O3/c1-3-11(13)10-7-5-6-8-12(10)15-9-14-4-2/h5-8,11,13H,3-4,9H2,1-2H3/t11-/m1/s1. The molecule has 3 nitrogen and oxygen atoms in total. The predicted octanol–water partition coefficient (Wildman–Crippen LogP) is 2.50. The molecule has 0 saturated heterocycles. The van der Waals surface area contributed by atoms with E-state index in [1.807, 2.05) is 38.1 Å². The second-order valence-electron chi connectivity index (χ2n) is 3.22. The van der Waals surface area contributed by atoms with E-state index in [1.54, 1.807) is 0 Å². The van der Waals surface area contributed by atoms with Crippen molar-refractivity contribution in [2.75, 3.05) is 13.4 Å². The number of aliphatic hydroxyl groups is 1. The Morgan fingerprint density at radius 1 is 1.27 bits per heavy atom. The summed E-state index contributed by atoms with van der Waals surface area (Å²) >= 11 is 0. The number of rotatable bonds is 6. The van der Waals surface area contributed by atoms with Crippen molar-refractivity contribution in [1.29, 1.82) is 0 Å². The van der Waals surface area contributed by atoms with Gasteiger partial charge in [-0.2, -0.15) is 0 Å². The van der Waals surface area contributed by atoms with Crippen molar-refractivity contribution in [1.82, 2.24) is 0 Å². The molecule has 0 aliphatic rings. The fraction of sp³-hybridized carbons (Fsp3) is 0.500. The smallest absolute Gasteiger partial charge is 0.189 e. The van der Waals surface area contributed by atoms with Crippen molar-refractivity contribution in [2.45, 2.75) is 26.4 Å². The number of benzene rings is 1. The summed E-state index contributed by atoms with van der Waals surface area (Å²) in [6.45, 7) is 4.70. The predicted molar refractivity (Wildman–Crippen MR) is 58.8 cm³/mol. The minimum Gasteiger partial charge on any atom is -0.467 e. The largest absolute Gasteiger partial charge is 0.467 e. The average molecular weight is 210 g/mol. The number of para-hydroxylation sites is 1. The van der Waals surface area contributed by atoms with E-state index in [2.05, 4.69) is 0 Å². The van der Waals surface area contributed by atoms with E-state index in [0.717, 1.165) is 5.56 Å². The van der Waals surface area contributed by atoms with Crippen LogP contribution in [0.2, 0.25) is 0 Å². The van der Waals surface area contributed by atoms with Crippen LogP contribution in [0, 0.1) is 0 Å². The monoisotopic (exact) mass is 210 g/mol. The molecule has 1 atom stereocenters. The maximum atomic E-state index is 9.75. The molecule has 0 aliphatic heterocycles. The maximum absolute atomic E-state index is 9.75. The summed E-state index contributed by atoms with van der Waals surface area (Å²) in [6, 6.07) is 7.48. The molecular weight excluding hydrogens is 192 g/mol. The van der Waals surface area contributed by atoms with E-state index in [0.29, 0.717) is 18.8 Å². The Morgan fingerprint density at radius 2 is 2.00 bits per heavy atom. The van der Waals surface area contributed by atoms with Crippen LogP contribution in [0.4, 0.5) is 0 Å². The lowest BCUT2D eigenvalue weighted by molar-refractivity contribution is 0.0201. The van der Waals surface area contributed by atoms with E-state index in [4.69, 9.17) is 9.47 Å². The normalized spacial score (nSPS) is 12.5. The second kappa shape index (κ2) is 6.43. The summed E-state index contributed by atoms with van der Waals surface area (Å²) in [4.78, 5) is 0. The van der Waals surface area contributed by atoms with E-state index < -0.39 is 6.10 Å². The van der Waals surface area contributed by atoms with Crippen LogP contribution in [0.3, 0.4) is 0 Å². The van der Waals surface area contributed by atoms with Gasteiger partial charge in [0.15, 0.2) is 6.79 Å². The molecule has 0 bridgehead atoms. The van der Waals surface area contributed by atoms with Crippen molar-refractivity contribution >= 4 is 0 Å². The van der Waals surface area contributed by atoms with Gasteiger partial charge in [0.25, 0.3) is 0 Å². The highest BCUT2D eigenvalue weighted by molar-refractivity contribution is 5.34. The Kier molecular flexibility index (Phi) is 5.15. The molecule has 0 spiro atoms. The highest BCUT2D eigenvalue weighted by Crippen LogP contribution is 2.26. The lowest BCUT2D eigenvalue weighted by Gasteiger charge is -2.14. The molecule has 1 N–H and O–H groups in total. The van der Waals surface area contributed by atoms with Crippen LogP contribution in [0.15, 0.2) is 24.3 Å². The molecule has 0 aromatic heterocycles. The number of aliphatic hydroxyl groups excluding tert-OH is 1. The second-order valence-corrected chi connectivity index (χ2v) is 3.22. The Morgan fingerprint density at radius 3 is 2.67 bits per heavy atom. The summed E-state index contributed by atoms with van der Waals surface area (Å²) in [5.41, 5.74) is 0.819. The van der Waals surface area contributed by atoms with Gasteiger partial charge in [-0.15, -0.1) is 0 Å². The summed E-state index contributed by atoms with van der Waals surface area (Å²) in [5, 5.41) is 9.75. The van der Waals surface area contributed by atoms with E-state index in [9.17, 15) is 5.11 Å². The quantitative estimate of drug-likeness (QED) is 0.579. The molecule has 1 aromatic carbocycles. The Bertz CT molecular complexity index is 286. The Balaban J connectivity index is 2.68. The van der Waals surface area contributed by atoms with Gasteiger partial charge in [-0.05, 0) is 19.4 Å². The third kappa shape index (κ3) is 3.53. The van der Waals surface area contributed by atoms with Gasteiger partial charge in [-0.1, -0.05) is 25.1 Å². The van der Waals surface area contributed by atoms with Crippen LogP contribution in [-0.2, 0) is 4.74 Å². The molecule has 0 fully saturated rings. The van der Waals surface area contributed by atoms with Crippen molar-refractivity contribution in [3.05, 3.63) is 29.8 Å². The van der Waals surface area contributed by atoms with Crippen LogP contribution in [-0.4, -0.2) is 18.5 Å². The zero-order chi connectivity index (χ0) is 11.1. The van der Waals surface area contributed by atoms with Crippen molar-refractivity contribution in [2.24, 2.45) is 0 Å². The van der Waals surface area contributed by atoms with Gasteiger partial charge in [0.2, 0.25) is 0 Å². The van der Waals surface area contributed by atoms with E-state index >= 15 is 0 Å². The molecule has 1 rings (SSSR count). The highest BCUT2D eigenvalue weighted by atomic mass is 16.7. The molecule has 84 valence electrons. The third-order valence-corrected chi connectivity index (χ3v) is 2.17. The van der Waals surface area contributed by atoms with Gasteiger partial charge < -0.3 is 14.6 Å². The third-order valence-electron chi connectivity index (χ3n) is 2.17. The van der Waals surface area contributed by atoms with Gasteiger partial charge in [0.05, 0.1) is 6.10 Å². The number of hydrogen-bond acceptors (Lipinski definition) is 3. The Hall–Kier alpha value is -1.06. The zero-order valence-electron chi connectivity index (χ0n) is 9.27.